The van der Waals surface area contributed by atoms with E-state index in [1.54, 1.807) is 0 Å². The smallest absolute Gasteiger partial charge is 0.260 e. The number of likely N-dealkylation sites (tertiary alicyclic amines) is 1. The molecule has 2 saturated heterocycles. The molecule has 2 aliphatic rings. The summed E-state index contributed by atoms with van der Waals surface area (Å²) in [7, 11) is 0. The Morgan fingerprint density at radius 2 is 1.43 bits per heavy atom. The first-order valence-corrected chi connectivity index (χ1v) is 10.9. The van der Waals surface area contributed by atoms with Gasteiger partial charge in [0.25, 0.3) is 5.91 Å². The van der Waals surface area contributed by atoms with Crippen LogP contribution in [0.3, 0.4) is 0 Å². The molecule has 0 radical (unpaired) electrons. The van der Waals surface area contributed by atoms with Gasteiger partial charge in [-0.05, 0) is 49.0 Å². The Kier molecular flexibility index (Phi) is 7.36. The molecule has 5 nitrogen and oxygen atoms in total. The van der Waals surface area contributed by atoms with E-state index in [1.807, 2.05) is 17.0 Å². The Labute approximate surface area is 170 Å². The Hall–Kier alpha value is -1.59. The van der Waals surface area contributed by atoms with Crippen LogP contribution in [0.25, 0.3) is 0 Å². The molecule has 0 spiro atoms. The van der Waals surface area contributed by atoms with E-state index in [0.717, 1.165) is 38.5 Å². The predicted octanol–water partition coefficient (Wildman–Crippen LogP) is 2.99. The van der Waals surface area contributed by atoms with E-state index < -0.39 is 0 Å². The number of nitrogens with zero attached hydrogens (tertiary/aromatic N) is 3. The van der Waals surface area contributed by atoms with Crippen molar-refractivity contribution in [1.29, 1.82) is 0 Å². The zero-order valence-corrected chi connectivity index (χ0v) is 18.0. The summed E-state index contributed by atoms with van der Waals surface area (Å²) in [5.41, 5.74) is 1.40. The summed E-state index contributed by atoms with van der Waals surface area (Å²) < 4.78 is 5.73. The minimum absolute atomic E-state index is 0.0931. The Bertz CT molecular complexity index is 610. The van der Waals surface area contributed by atoms with Crippen molar-refractivity contribution in [2.75, 3.05) is 59.0 Å². The number of benzene rings is 1. The first-order chi connectivity index (χ1) is 13.4. The van der Waals surface area contributed by atoms with Gasteiger partial charge in [-0.1, -0.05) is 39.3 Å². The Morgan fingerprint density at radius 1 is 0.857 bits per heavy atom. The van der Waals surface area contributed by atoms with E-state index in [0.29, 0.717) is 0 Å². The molecule has 1 aromatic carbocycles. The number of ether oxygens (including phenoxy) is 1. The molecule has 2 heterocycles. The molecule has 0 saturated carbocycles. The summed E-state index contributed by atoms with van der Waals surface area (Å²) in [5, 5.41) is 0. The normalized spacial score (nSPS) is 19.6. The van der Waals surface area contributed by atoms with Gasteiger partial charge in [-0.25, -0.2) is 0 Å². The van der Waals surface area contributed by atoms with Gasteiger partial charge in [0.1, 0.15) is 5.75 Å². The molecule has 0 N–H and O–H groups in total. The van der Waals surface area contributed by atoms with Crippen LogP contribution < -0.4 is 4.74 Å². The fourth-order valence-corrected chi connectivity index (χ4v) is 3.97. The van der Waals surface area contributed by atoms with Gasteiger partial charge in [0.05, 0.1) is 0 Å². The molecule has 2 fully saturated rings. The first-order valence-electron chi connectivity index (χ1n) is 10.9. The number of amides is 1. The van der Waals surface area contributed by atoms with Crippen molar-refractivity contribution in [3.05, 3.63) is 29.8 Å². The quantitative estimate of drug-likeness (QED) is 0.752. The second-order valence-electron chi connectivity index (χ2n) is 9.19. The zero-order valence-electron chi connectivity index (χ0n) is 18.0. The van der Waals surface area contributed by atoms with E-state index in [4.69, 9.17) is 4.74 Å². The fourth-order valence-electron chi connectivity index (χ4n) is 3.97. The maximum absolute atomic E-state index is 12.5. The average Bonchev–Trinajstić information content (AvgIpc) is 2.71. The average molecular weight is 388 g/mol. The van der Waals surface area contributed by atoms with Crippen LogP contribution in [-0.4, -0.2) is 79.6 Å². The molecular formula is C23H37N3O2. The van der Waals surface area contributed by atoms with Crippen molar-refractivity contribution in [3.63, 3.8) is 0 Å². The molecule has 5 heteroatoms. The highest BCUT2D eigenvalue weighted by molar-refractivity contribution is 5.77. The maximum atomic E-state index is 12.5. The molecule has 3 rings (SSSR count). The Balaban J connectivity index is 1.35. The van der Waals surface area contributed by atoms with Crippen molar-refractivity contribution in [1.82, 2.24) is 14.7 Å². The van der Waals surface area contributed by atoms with E-state index in [1.165, 1.54) is 44.5 Å². The van der Waals surface area contributed by atoms with Crippen LogP contribution in [0.2, 0.25) is 0 Å². The number of carbonyl (C=O) groups excluding carboxylic acids is 1. The van der Waals surface area contributed by atoms with Crippen molar-refractivity contribution < 1.29 is 9.53 Å². The molecule has 1 aromatic rings. The molecular weight excluding hydrogens is 350 g/mol. The number of carbonyl (C=O) groups is 1. The van der Waals surface area contributed by atoms with Crippen LogP contribution in [0.4, 0.5) is 0 Å². The van der Waals surface area contributed by atoms with Gasteiger partial charge < -0.3 is 14.5 Å². The third-order valence-electron chi connectivity index (χ3n) is 5.99. The zero-order chi connectivity index (χ0) is 20.0. The topological polar surface area (TPSA) is 36.0 Å². The number of hydrogen-bond donors (Lipinski definition) is 0. The van der Waals surface area contributed by atoms with Crippen LogP contribution in [-0.2, 0) is 10.2 Å². The van der Waals surface area contributed by atoms with Crippen molar-refractivity contribution in [2.24, 2.45) is 0 Å². The maximum Gasteiger partial charge on any atom is 0.260 e. The molecule has 0 atom stereocenters. The van der Waals surface area contributed by atoms with Gasteiger partial charge in [-0.15, -0.1) is 0 Å². The SMILES string of the molecule is CC(C)(C)c1ccc(OCC(=O)N2CCN(CCN3CCCCC3)CC2)cc1. The lowest BCUT2D eigenvalue weighted by molar-refractivity contribution is -0.135. The van der Waals surface area contributed by atoms with Crippen LogP contribution >= 0.6 is 0 Å². The minimum atomic E-state index is 0.0931. The third-order valence-corrected chi connectivity index (χ3v) is 5.99. The van der Waals surface area contributed by atoms with E-state index in [-0.39, 0.29) is 17.9 Å². The van der Waals surface area contributed by atoms with Gasteiger partial charge in [-0.3, -0.25) is 9.69 Å². The largest absolute Gasteiger partial charge is 0.484 e. The van der Waals surface area contributed by atoms with Crippen molar-refractivity contribution in [2.45, 2.75) is 45.4 Å². The van der Waals surface area contributed by atoms with Crippen molar-refractivity contribution >= 4 is 5.91 Å². The van der Waals surface area contributed by atoms with Crippen LogP contribution in [0.5, 0.6) is 5.75 Å². The molecule has 0 unspecified atom stereocenters. The third kappa shape index (κ3) is 6.21. The van der Waals surface area contributed by atoms with Crippen LogP contribution in [0, 0.1) is 0 Å². The fraction of sp³-hybridized carbons (Fsp3) is 0.696. The lowest BCUT2D eigenvalue weighted by atomic mass is 9.87. The second kappa shape index (κ2) is 9.75. The number of piperazine rings is 1. The van der Waals surface area contributed by atoms with Crippen LogP contribution in [0.15, 0.2) is 24.3 Å². The molecule has 28 heavy (non-hydrogen) atoms. The molecule has 0 aromatic heterocycles. The summed E-state index contributed by atoms with van der Waals surface area (Å²) in [6.07, 6.45) is 4.09. The van der Waals surface area contributed by atoms with Gasteiger partial charge in [0.2, 0.25) is 0 Å². The summed E-state index contributed by atoms with van der Waals surface area (Å²) >= 11 is 0. The molecule has 2 aliphatic heterocycles. The highest BCUT2D eigenvalue weighted by Gasteiger charge is 2.22. The number of rotatable bonds is 6. The van der Waals surface area contributed by atoms with Gasteiger partial charge >= 0.3 is 0 Å². The summed E-state index contributed by atoms with van der Waals surface area (Å²) in [6, 6.07) is 8.10. The van der Waals surface area contributed by atoms with E-state index in [9.17, 15) is 4.79 Å². The predicted molar refractivity (Wildman–Crippen MR) is 114 cm³/mol. The van der Waals surface area contributed by atoms with E-state index >= 15 is 0 Å². The number of hydrogen-bond acceptors (Lipinski definition) is 4. The second-order valence-corrected chi connectivity index (χ2v) is 9.19. The summed E-state index contributed by atoms with van der Waals surface area (Å²) in [6.45, 7) is 15.1. The van der Waals surface area contributed by atoms with Crippen molar-refractivity contribution in [3.8, 4) is 5.75 Å². The lowest BCUT2D eigenvalue weighted by Gasteiger charge is -2.36. The lowest BCUT2D eigenvalue weighted by Crippen LogP contribution is -2.51. The molecule has 0 aliphatic carbocycles. The highest BCUT2D eigenvalue weighted by atomic mass is 16.5. The standard InChI is InChI=1S/C23H37N3O2/c1-23(2,3)20-7-9-21(10-8-20)28-19-22(27)26-17-15-25(16-18-26)14-13-24-11-5-4-6-12-24/h7-10H,4-6,11-19H2,1-3H3. The summed E-state index contributed by atoms with van der Waals surface area (Å²) in [4.78, 5) is 19.5. The monoisotopic (exact) mass is 387 g/mol. The van der Waals surface area contributed by atoms with Crippen LogP contribution in [0.1, 0.15) is 45.6 Å². The van der Waals surface area contributed by atoms with Gasteiger partial charge in [0, 0.05) is 39.3 Å². The minimum Gasteiger partial charge on any atom is -0.484 e. The van der Waals surface area contributed by atoms with Gasteiger partial charge in [-0.2, -0.15) is 0 Å². The first kappa shape index (κ1) is 21.1. The van der Waals surface area contributed by atoms with E-state index in [2.05, 4.69) is 42.7 Å². The summed E-state index contributed by atoms with van der Waals surface area (Å²) in [5.74, 6) is 0.858. The molecule has 1 amide bonds. The highest BCUT2D eigenvalue weighted by Crippen LogP contribution is 2.24. The molecule has 0 bridgehead atoms. The van der Waals surface area contributed by atoms with Gasteiger partial charge in [0.15, 0.2) is 6.61 Å². The number of piperidine rings is 1. The molecule has 156 valence electrons. The Morgan fingerprint density at radius 3 is 2.00 bits per heavy atom.